The summed E-state index contributed by atoms with van der Waals surface area (Å²) in [6, 6.07) is 8.29. The second-order valence-electron chi connectivity index (χ2n) is 6.40. The van der Waals surface area contributed by atoms with Crippen molar-refractivity contribution in [1.82, 2.24) is 4.90 Å². The molecular weight excluding hydrogens is 248 g/mol. The fraction of sp³-hybridized carbons (Fsp3) is 0.647. The second kappa shape index (κ2) is 8.28. The van der Waals surface area contributed by atoms with E-state index in [-0.39, 0.29) is 0 Å². The molecule has 1 aromatic rings. The molecule has 0 radical (unpaired) electrons. The molecule has 0 spiro atoms. The van der Waals surface area contributed by atoms with E-state index in [1.54, 1.807) is 7.11 Å². The minimum absolute atomic E-state index is 0.367. The van der Waals surface area contributed by atoms with Gasteiger partial charge < -0.3 is 15.4 Å². The number of nitrogens with two attached hydrogens (primary N) is 1. The van der Waals surface area contributed by atoms with Gasteiger partial charge in [-0.15, -0.1) is 0 Å². The average molecular weight is 278 g/mol. The highest BCUT2D eigenvalue weighted by Gasteiger charge is 2.16. The molecule has 114 valence electrons. The summed E-state index contributed by atoms with van der Waals surface area (Å²) in [5.74, 6) is 0.931. The Hall–Kier alpha value is -1.06. The Morgan fingerprint density at radius 2 is 2.00 bits per heavy atom. The molecule has 2 N–H and O–H groups in total. The third kappa shape index (κ3) is 6.40. The van der Waals surface area contributed by atoms with Gasteiger partial charge in [0.2, 0.25) is 0 Å². The maximum atomic E-state index is 5.65. The van der Waals surface area contributed by atoms with Gasteiger partial charge in [-0.1, -0.05) is 26.0 Å². The Balaban J connectivity index is 2.34. The van der Waals surface area contributed by atoms with Gasteiger partial charge in [0, 0.05) is 6.54 Å². The van der Waals surface area contributed by atoms with Crippen LogP contribution in [0.4, 0.5) is 0 Å². The molecule has 0 atom stereocenters. The van der Waals surface area contributed by atoms with Gasteiger partial charge in [-0.2, -0.15) is 0 Å². The van der Waals surface area contributed by atoms with Gasteiger partial charge >= 0.3 is 0 Å². The highest BCUT2D eigenvalue weighted by molar-refractivity contribution is 5.28. The van der Waals surface area contributed by atoms with E-state index in [0.29, 0.717) is 5.41 Å². The predicted molar refractivity (Wildman–Crippen MR) is 86.0 cm³/mol. The molecule has 0 saturated heterocycles. The van der Waals surface area contributed by atoms with Crippen molar-refractivity contribution in [3.05, 3.63) is 29.8 Å². The van der Waals surface area contributed by atoms with Crippen LogP contribution in [0.1, 0.15) is 38.7 Å². The predicted octanol–water partition coefficient (Wildman–Crippen LogP) is 3.28. The Morgan fingerprint density at radius 1 is 1.25 bits per heavy atom. The quantitative estimate of drug-likeness (QED) is 0.753. The molecule has 0 amide bonds. The summed E-state index contributed by atoms with van der Waals surface area (Å²) in [6.07, 6.45) is 3.55. The molecule has 1 rings (SSSR count). The first-order chi connectivity index (χ1) is 9.46. The molecule has 0 aliphatic heterocycles. The lowest BCUT2D eigenvalue weighted by atomic mass is 9.84. The standard InChI is InChI=1S/C17H30N2O/c1-17(2,10-11-18)9-6-12-19(3)14-15-7-5-8-16(13-15)20-4/h5,7-8,13H,6,9-12,14,18H2,1-4H3. The fourth-order valence-corrected chi connectivity index (χ4v) is 2.50. The largest absolute Gasteiger partial charge is 0.497 e. The first kappa shape index (κ1) is 17.0. The van der Waals surface area contributed by atoms with E-state index in [4.69, 9.17) is 10.5 Å². The normalized spacial score (nSPS) is 11.9. The number of methoxy groups -OCH3 is 1. The molecule has 0 aliphatic rings. The third-order valence-corrected chi connectivity index (χ3v) is 3.80. The Bertz CT molecular complexity index is 390. The minimum atomic E-state index is 0.367. The van der Waals surface area contributed by atoms with E-state index in [1.807, 2.05) is 12.1 Å². The summed E-state index contributed by atoms with van der Waals surface area (Å²) >= 11 is 0. The lowest BCUT2D eigenvalue weighted by Crippen LogP contribution is -2.22. The number of nitrogens with zero attached hydrogens (tertiary/aromatic N) is 1. The second-order valence-corrected chi connectivity index (χ2v) is 6.40. The zero-order chi connectivity index (χ0) is 15.0. The fourth-order valence-electron chi connectivity index (χ4n) is 2.50. The summed E-state index contributed by atoms with van der Waals surface area (Å²) in [7, 11) is 3.89. The third-order valence-electron chi connectivity index (χ3n) is 3.80. The van der Waals surface area contributed by atoms with Crippen LogP contribution in [0.15, 0.2) is 24.3 Å². The van der Waals surface area contributed by atoms with Crippen LogP contribution in [0, 0.1) is 5.41 Å². The maximum Gasteiger partial charge on any atom is 0.119 e. The Labute approximate surface area is 124 Å². The smallest absolute Gasteiger partial charge is 0.119 e. The number of rotatable bonds is 9. The summed E-state index contributed by atoms with van der Waals surface area (Å²) in [6.45, 7) is 7.48. The van der Waals surface area contributed by atoms with Gasteiger partial charge in [-0.25, -0.2) is 0 Å². The highest BCUT2D eigenvalue weighted by atomic mass is 16.5. The van der Waals surface area contributed by atoms with Crippen molar-refractivity contribution in [3.63, 3.8) is 0 Å². The van der Waals surface area contributed by atoms with Crippen molar-refractivity contribution in [3.8, 4) is 5.75 Å². The van der Waals surface area contributed by atoms with Crippen LogP contribution in [0.3, 0.4) is 0 Å². The van der Waals surface area contributed by atoms with Crippen molar-refractivity contribution in [2.24, 2.45) is 11.1 Å². The van der Waals surface area contributed by atoms with Crippen molar-refractivity contribution >= 4 is 0 Å². The lowest BCUT2D eigenvalue weighted by Gasteiger charge is -2.25. The van der Waals surface area contributed by atoms with E-state index >= 15 is 0 Å². The van der Waals surface area contributed by atoms with E-state index in [0.717, 1.165) is 31.8 Å². The van der Waals surface area contributed by atoms with E-state index < -0.39 is 0 Å². The molecule has 0 aliphatic carbocycles. The molecule has 0 heterocycles. The van der Waals surface area contributed by atoms with Crippen LogP contribution in [0.2, 0.25) is 0 Å². The SMILES string of the molecule is COc1cccc(CN(C)CCCC(C)(C)CCN)c1. The van der Waals surface area contributed by atoms with Crippen molar-refractivity contribution in [2.75, 3.05) is 27.2 Å². The van der Waals surface area contributed by atoms with Gasteiger partial charge in [-0.3, -0.25) is 0 Å². The van der Waals surface area contributed by atoms with E-state index in [2.05, 4.69) is 37.9 Å². The van der Waals surface area contributed by atoms with Crippen molar-refractivity contribution < 1.29 is 4.74 Å². The molecule has 0 saturated carbocycles. The minimum Gasteiger partial charge on any atom is -0.497 e. The van der Waals surface area contributed by atoms with Crippen LogP contribution < -0.4 is 10.5 Å². The molecule has 1 aromatic carbocycles. The van der Waals surface area contributed by atoms with Crippen LogP contribution in [-0.2, 0) is 6.54 Å². The number of ether oxygens (including phenoxy) is 1. The molecular formula is C17H30N2O. The maximum absolute atomic E-state index is 5.65. The molecule has 3 heteroatoms. The zero-order valence-corrected chi connectivity index (χ0v) is 13.5. The first-order valence-electron chi connectivity index (χ1n) is 7.48. The Kier molecular flexibility index (Phi) is 7.03. The molecule has 0 aromatic heterocycles. The van der Waals surface area contributed by atoms with E-state index in [9.17, 15) is 0 Å². The number of hydrogen-bond acceptors (Lipinski definition) is 3. The number of benzene rings is 1. The molecule has 3 nitrogen and oxygen atoms in total. The van der Waals surface area contributed by atoms with Crippen LogP contribution >= 0.6 is 0 Å². The van der Waals surface area contributed by atoms with Crippen LogP contribution in [0.25, 0.3) is 0 Å². The van der Waals surface area contributed by atoms with Crippen molar-refractivity contribution in [2.45, 2.75) is 39.7 Å². The molecule has 0 bridgehead atoms. The van der Waals surface area contributed by atoms with E-state index in [1.165, 1.54) is 18.4 Å². The lowest BCUT2D eigenvalue weighted by molar-refractivity contribution is 0.259. The summed E-state index contributed by atoms with van der Waals surface area (Å²) < 4.78 is 5.26. The average Bonchev–Trinajstić information content (AvgIpc) is 2.38. The van der Waals surface area contributed by atoms with Crippen molar-refractivity contribution in [1.29, 1.82) is 0 Å². The number of hydrogen-bond donors (Lipinski definition) is 1. The molecule has 20 heavy (non-hydrogen) atoms. The zero-order valence-electron chi connectivity index (χ0n) is 13.5. The summed E-state index contributed by atoms with van der Waals surface area (Å²) in [5.41, 5.74) is 7.32. The van der Waals surface area contributed by atoms with Crippen LogP contribution in [0.5, 0.6) is 5.75 Å². The van der Waals surface area contributed by atoms with Gasteiger partial charge in [0.05, 0.1) is 7.11 Å². The van der Waals surface area contributed by atoms with Gasteiger partial charge in [-0.05, 0) is 62.5 Å². The summed E-state index contributed by atoms with van der Waals surface area (Å²) in [4.78, 5) is 2.37. The molecule has 0 fully saturated rings. The van der Waals surface area contributed by atoms with Gasteiger partial charge in [0.1, 0.15) is 5.75 Å². The first-order valence-corrected chi connectivity index (χ1v) is 7.48. The van der Waals surface area contributed by atoms with Gasteiger partial charge in [0.25, 0.3) is 0 Å². The Morgan fingerprint density at radius 3 is 2.65 bits per heavy atom. The monoisotopic (exact) mass is 278 g/mol. The topological polar surface area (TPSA) is 38.5 Å². The highest BCUT2D eigenvalue weighted by Crippen LogP contribution is 2.26. The molecule has 0 unspecified atom stereocenters. The van der Waals surface area contributed by atoms with Gasteiger partial charge in [0.15, 0.2) is 0 Å². The summed E-state index contributed by atoms with van der Waals surface area (Å²) in [5, 5.41) is 0. The van der Waals surface area contributed by atoms with Crippen LogP contribution in [-0.4, -0.2) is 32.1 Å².